The summed E-state index contributed by atoms with van der Waals surface area (Å²) in [6.07, 6.45) is 0. The maximum atomic E-state index is 12.0. The molecule has 0 spiro atoms. The Morgan fingerprint density at radius 2 is 2.17 bits per heavy atom. The van der Waals surface area contributed by atoms with Gasteiger partial charge in [0.25, 0.3) is 0 Å². The highest BCUT2D eigenvalue weighted by atomic mass is 127. The van der Waals surface area contributed by atoms with Gasteiger partial charge in [0, 0.05) is 18.6 Å². The van der Waals surface area contributed by atoms with Crippen LogP contribution in [0.3, 0.4) is 0 Å². The normalized spacial score (nSPS) is 12.1. The van der Waals surface area contributed by atoms with Crippen molar-refractivity contribution >= 4 is 58.8 Å². The third kappa shape index (κ3) is 8.37. The first-order valence-corrected chi connectivity index (χ1v) is 10.6. The second kappa shape index (κ2) is 13.8. The van der Waals surface area contributed by atoms with Gasteiger partial charge in [0.05, 0.1) is 31.6 Å². The summed E-state index contributed by atoms with van der Waals surface area (Å²) < 4.78 is 10.7. The number of halogens is 2. The topological polar surface area (TPSA) is 84.8 Å². The fourth-order valence-corrected chi connectivity index (χ4v) is 3.68. The maximum absolute atomic E-state index is 12.0. The van der Waals surface area contributed by atoms with E-state index in [1.54, 1.807) is 14.0 Å². The number of aryl methyl sites for hydroxylation is 1. The average Bonchev–Trinajstić information content (AvgIpc) is 3.09. The van der Waals surface area contributed by atoms with Crippen molar-refractivity contribution in [3.63, 3.8) is 0 Å². The largest absolute Gasteiger partial charge is 0.462 e. The fraction of sp³-hybridized carbons (Fsp3) is 0.450. The van der Waals surface area contributed by atoms with Crippen molar-refractivity contribution in [2.45, 2.75) is 33.4 Å². The molecule has 2 aromatic rings. The lowest BCUT2D eigenvalue weighted by Crippen LogP contribution is -2.40. The molecule has 166 valence electrons. The summed E-state index contributed by atoms with van der Waals surface area (Å²) >= 11 is 7.30. The van der Waals surface area contributed by atoms with Crippen molar-refractivity contribution in [3.05, 3.63) is 50.4 Å². The first kappa shape index (κ1) is 26.6. The lowest BCUT2D eigenvalue weighted by molar-refractivity contribution is 0.0531. The van der Waals surface area contributed by atoms with Crippen LogP contribution >= 0.6 is 46.9 Å². The van der Waals surface area contributed by atoms with E-state index in [1.807, 2.05) is 38.1 Å². The number of thiazole rings is 1. The second-order valence-corrected chi connectivity index (χ2v) is 7.70. The van der Waals surface area contributed by atoms with Gasteiger partial charge in [-0.15, -0.1) is 35.3 Å². The third-order valence-electron chi connectivity index (χ3n) is 3.92. The molecule has 2 N–H and O–H groups in total. The van der Waals surface area contributed by atoms with E-state index in [0.717, 1.165) is 10.6 Å². The molecule has 10 heteroatoms. The summed E-state index contributed by atoms with van der Waals surface area (Å²) in [5.41, 5.74) is 1.71. The minimum absolute atomic E-state index is 0. The number of guanidine groups is 1. The van der Waals surface area contributed by atoms with Gasteiger partial charge in [0.2, 0.25) is 0 Å². The molecule has 0 radical (unpaired) electrons. The van der Waals surface area contributed by atoms with E-state index in [-0.39, 0.29) is 36.0 Å². The summed E-state index contributed by atoms with van der Waals surface area (Å²) in [6, 6.07) is 7.49. The molecule has 1 aromatic carbocycles. The lowest BCUT2D eigenvalue weighted by atomic mass is 10.2. The Morgan fingerprint density at radius 3 is 2.83 bits per heavy atom. The number of aliphatic imine (C=N–C) groups is 1. The Balaban J connectivity index is 0.00000450. The molecule has 0 saturated carbocycles. The van der Waals surface area contributed by atoms with Crippen LogP contribution in [-0.2, 0) is 16.1 Å². The van der Waals surface area contributed by atoms with Gasteiger partial charge in [-0.1, -0.05) is 23.7 Å². The van der Waals surface area contributed by atoms with Crippen molar-refractivity contribution in [1.82, 2.24) is 15.6 Å². The number of hydrogen-bond acceptors (Lipinski definition) is 6. The van der Waals surface area contributed by atoms with Crippen LogP contribution in [0.25, 0.3) is 0 Å². The summed E-state index contributed by atoms with van der Waals surface area (Å²) in [5, 5.41) is 7.97. The SMILES string of the molecule is CCOC(=O)c1sc(C(C)NC(=NC)NCCOCc2cccc(Cl)c2)nc1C.I. The number of carbonyl (C=O) groups excluding carboxylic acids is 1. The Morgan fingerprint density at radius 1 is 1.40 bits per heavy atom. The van der Waals surface area contributed by atoms with Crippen LogP contribution in [0.5, 0.6) is 0 Å². The molecule has 1 atom stereocenters. The summed E-state index contributed by atoms with van der Waals surface area (Å²) in [7, 11) is 1.70. The maximum Gasteiger partial charge on any atom is 0.350 e. The molecular formula is C20H28ClIN4O3S. The fourth-order valence-electron chi connectivity index (χ4n) is 2.51. The summed E-state index contributed by atoms with van der Waals surface area (Å²) in [6.45, 7) is 7.52. The van der Waals surface area contributed by atoms with Gasteiger partial charge >= 0.3 is 5.97 Å². The standard InChI is InChI=1S/C20H27ClN4O3S.HI/c1-5-28-19(26)17-13(2)24-18(29-17)14(3)25-20(22-4)23-9-10-27-12-15-7-6-8-16(21)11-15;/h6-8,11,14H,5,9-10,12H2,1-4H3,(H2,22,23,25);1H. The summed E-state index contributed by atoms with van der Waals surface area (Å²) in [4.78, 5) is 21.2. The number of nitrogens with zero attached hydrogens (tertiary/aromatic N) is 2. The molecule has 1 heterocycles. The zero-order chi connectivity index (χ0) is 21.2. The smallest absolute Gasteiger partial charge is 0.350 e. The van der Waals surface area contributed by atoms with Gasteiger partial charge in [0.1, 0.15) is 9.88 Å². The Labute approximate surface area is 203 Å². The van der Waals surface area contributed by atoms with E-state index in [9.17, 15) is 4.79 Å². The van der Waals surface area contributed by atoms with Crippen molar-refractivity contribution in [3.8, 4) is 0 Å². The number of aromatic nitrogens is 1. The third-order valence-corrected chi connectivity index (χ3v) is 5.47. The van der Waals surface area contributed by atoms with Gasteiger partial charge < -0.3 is 20.1 Å². The summed E-state index contributed by atoms with van der Waals surface area (Å²) in [5.74, 6) is 0.301. The van der Waals surface area contributed by atoms with E-state index in [4.69, 9.17) is 21.1 Å². The minimum Gasteiger partial charge on any atom is -0.462 e. The zero-order valence-electron chi connectivity index (χ0n) is 17.5. The zero-order valence-corrected chi connectivity index (χ0v) is 21.4. The van der Waals surface area contributed by atoms with E-state index < -0.39 is 0 Å². The number of ether oxygens (including phenoxy) is 2. The van der Waals surface area contributed by atoms with E-state index >= 15 is 0 Å². The van der Waals surface area contributed by atoms with Gasteiger partial charge in [0.15, 0.2) is 5.96 Å². The Kier molecular flexibility index (Phi) is 12.2. The average molecular weight is 567 g/mol. The van der Waals surface area contributed by atoms with Crippen LogP contribution in [-0.4, -0.2) is 43.7 Å². The molecular weight excluding hydrogens is 539 g/mol. The van der Waals surface area contributed by atoms with Gasteiger partial charge in [-0.25, -0.2) is 9.78 Å². The van der Waals surface area contributed by atoms with Crippen LogP contribution in [0.2, 0.25) is 5.02 Å². The number of esters is 1. The van der Waals surface area contributed by atoms with E-state index in [2.05, 4.69) is 20.6 Å². The molecule has 2 rings (SSSR count). The molecule has 1 aromatic heterocycles. The van der Waals surface area contributed by atoms with Crippen LogP contribution in [0.15, 0.2) is 29.3 Å². The molecule has 7 nitrogen and oxygen atoms in total. The Bertz CT molecular complexity index is 847. The molecule has 0 aliphatic rings. The van der Waals surface area contributed by atoms with Crippen LogP contribution in [0, 0.1) is 6.92 Å². The first-order chi connectivity index (χ1) is 13.9. The highest BCUT2D eigenvalue weighted by Gasteiger charge is 2.20. The molecule has 0 aliphatic heterocycles. The molecule has 0 amide bonds. The van der Waals surface area contributed by atoms with E-state index in [0.29, 0.717) is 47.9 Å². The molecule has 1 unspecified atom stereocenters. The first-order valence-electron chi connectivity index (χ1n) is 9.38. The van der Waals surface area contributed by atoms with Crippen LogP contribution in [0.4, 0.5) is 0 Å². The number of nitrogens with one attached hydrogen (secondary N) is 2. The molecule has 0 saturated heterocycles. The lowest BCUT2D eigenvalue weighted by Gasteiger charge is -2.16. The van der Waals surface area contributed by atoms with Gasteiger partial charge in [-0.05, 0) is 38.5 Å². The van der Waals surface area contributed by atoms with Crippen molar-refractivity contribution < 1.29 is 14.3 Å². The second-order valence-electron chi connectivity index (χ2n) is 6.23. The number of rotatable bonds is 9. The molecule has 0 aliphatic carbocycles. The molecule has 30 heavy (non-hydrogen) atoms. The number of hydrogen-bond donors (Lipinski definition) is 2. The molecule has 0 fully saturated rings. The van der Waals surface area contributed by atoms with Crippen LogP contribution < -0.4 is 10.6 Å². The predicted octanol–water partition coefficient (Wildman–Crippen LogP) is 4.34. The monoisotopic (exact) mass is 566 g/mol. The van der Waals surface area contributed by atoms with Crippen LogP contribution in [0.1, 0.15) is 45.8 Å². The highest BCUT2D eigenvalue weighted by molar-refractivity contribution is 14.0. The molecule has 0 bridgehead atoms. The quantitative estimate of drug-likeness (QED) is 0.154. The van der Waals surface area contributed by atoms with Crippen molar-refractivity contribution in [1.29, 1.82) is 0 Å². The van der Waals surface area contributed by atoms with Crippen molar-refractivity contribution in [2.24, 2.45) is 4.99 Å². The number of benzene rings is 1. The minimum atomic E-state index is -0.333. The predicted molar refractivity (Wildman–Crippen MR) is 132 cm³/mol. The van der Waals surface area contributed by atoms with Gasteiger partial charge in [-0.3, -0.25) is 4.99 Å². The number of carbonyl (C=O) groups is 1. The van der Waals surface area contributed by atoms with E-state index in [1.165, 1.54) is 11.3 Å². The van der Waals surface area contributed by atoms with Gasteiger partial charge in [-0.2, -0.15) is 0 Å². The van der Waals surface area contributed by atoms with Crippen molar-refractivity contribution in [2.75, 3.05) is 26.8 Å². The Hall–Kier alpha value is -1.43. The highest BCUT2D eigenvalue weighted by Crippen LogP contribution is 2.24.